The van der Waals surface area contributed by atoms with Gasteiger partial charge in [0.15, 0.2) is 0 Å². The Kier molecular flexibility index (Phi) is 4.62. The molecular formula is C17H34N2. The van der Waals surface area contributed by atoms with E-state index in [0.717, 1.165) is 6.04 Å². The van der Waals surface area contributed by atoms with Crippen LogP contribution in [0.4, 0.5) is 0 Å². The molecule has 1 aliphatic heterocycles. The van der Waals surface area contributed by atoms with E-state index in [0.29, 0.717) is 17.0 Å². The zero-order valence-corrected chi connectivity index (χ0v) is 13.8. The maximum atomic E-state index is 3.83. The molecule has 0 aromatic heterocycles. The van der Waals surface area contributed by atoms with E-state index in [-0.39, 0.29) is 0 Å². The highest BCUT2D eigenvalue weighted by atomic mass is 15.3. The lowest BCUT2D eigenvalue weighted by Gasteiger charge is -2.52. The maximum absolute atomic E-state index is 3.83. The van der Waals surface area contributed by atoms with Gasteiger partial charge in [-0.25, -0.2) is 0 Å². The van der Waals surface area contributed by atoms with Crippen LogP contribution in [0, 0.1) is 5.41 Å². The van der Waals surface area contributed by atoms with Gasteiger partial charge in [0, 0.05) is 30.7 Å². The van der Waals surface area contributed by atoms with Crippen molar-refractivity contribution in [3.8, 4) is 0 Å². The van der Waals surface area contributed by atoms with Crippen LogP contribution >= 0.6 is 0 Å². The fraction of sp³-hybridized carbons (Fsp3) is 1.00. The monoisotopic (exact) mass is 266 g/mol. The van der Waals surface area contributed by atoms with Gasteiger partial charge in [0.25, 0.3) is 0 Å². The minimum atomic E-state index is 0.369. The van der Waals surface area contributed by atoms with Gasteiger partial charge >= 0.3 is 0 Å². The standard InChI is InChI=1S/C17H34N2/c1-6-17(7-2)13-19(14(3)12-18-17)15-9-8-10-16(4,5)11-15/h14-15,18H,6-13H2,1-5H3. The summed E-state index contributed by atoms with van der Waals surface area (Å²) in [5.41, 5.74) is 0.919. The van der Waals surface area contributed by atoms with E-state index < -0.39 is 0 Å². The zero-order chi connectivity index (χ0) is 14.1. The number of rotatable bonds is 3. The van der Waals surface area contributed by atoms with Crippen LogP contribution in [-0.2, 0) is 0 Å². The molecule has 19 heavy (non-hydrogen) atoms. The Balaban J connectivity index is 2.08. The fourth-order valence-corrected chi connectivity index (χ4v) is 4.20. The third-order valence-corrected chi connectivity index (χ3v) is 5.83. The second-order valence-corrected chi connectivity index (χ2v) is 7.80. The van der Waals surface area contributed by atoms with Crippen molar-refractivity contribution in [1.29, 1.82) is 0 Å². The number of nitrogens with one attached hydrogen (secondary N) is 1. The molecule has 2 aliphatic rings. The van der Waals surface area contributed by atoms with E-state index in [4.69, 9.17) is 0 Å². The minimum Gasteiger partial charge on any atom is -0.308 e. The van der Waals surface area contributed by atoms with Crippen LogP contribution in [-0.4, -0.2) is 35.6 Å². The number of nitrogens with zero attached hydrogens (tertiary/aromatic N) is 1. The van der Waals surface area contributed by atoms with Crippen molar-refractivity contribution < 1.29 is 0 Å². The highest BCUT2D eigenvalue weighted by Crippen LogP contribution is 2.39. The molecule has 1 saturated carbocycles. The summed E-state index contributed by atoms with van der Waals surface area (Å²) in [4.78, 5) is 2.84. The Morgan fingerprint density at radius 2 is 1.89 bits per heavy atom. The van der Waals surface area contributed by atoms with Crippen LogP contribution in [0.5, 0.6) is 0 Å². The topological polar surface area (TPSA) is 15.3 Å². The highest BCUT2D eigenvalue weighted by Gasteiger charge is 2.40. The van der Waals surface area contributed by atoms with Crippen LogP contribution < -0.4 is 5.32 Å². The lowest BCUT2D eigenvalue weighted by molar-refractivity contribution is 0.00812. The molecule has 2 atom stereocenters. The largest absolute Gasteiger partial charge is 0.308 e. The van der Waals surface area contributed by atoms with Crippen LogP contribution in [0.3, 0.4) is 0 Å². The van der Waals surface area contributed by atoms with E-state index in [1.807, 2.05) is 0 Å². The Labute approximate surface area is 120 Å². The molecule has 0 aromatic rings. The Morgan fingerprint density at radius 1 is 1.21 bits per heavy atom. The van der Waals surface area contributed by atoms with Crippen LogP contribution in [0.2, 0.25) is 0 Å². The van der Waals surface area contributed by atoms with Gasteiger partial charge in [-0.2, -0.15) is 0 Å². The van der Waals surface area contributed by atoms with Gasteiger partial charge in [-0.15, -0.1) is 0 Å². The maximum Gasteiger partial charge on any atom is 0.0304 e. The minimum absolute atomic E-state index is 0.369. The van der Waals surface area contributed by atoms with Crippen molar-refractivity contribution in [3.63, 3.8) is 0 Å². The van der Waals surface area contributed by atoms with Crippen LogP contribution in [0.25, 0.3) is 0 Å². The molecule has 0 spiro atoms. The van der Waals surface area contributed by atoms with E-state index in [9.17, 15) is 0 Å². The average Bonchev–Trinajstić information content (AvgIpc) is 2.39. The lowest BCUT2D eigenvalue weighted by atomic mass is 9.73. The second kappa shape index (κ2) is 5.73. The zero-order valence-electron chi connectivity index (χ0n) is 13.8. The van der Waals surface area contributed by atoms with Gasteiger partial charge in [-0.3, -0.25) is 4.90 Å². The van der Waals surface area contributed by atoms with Gasteiger partial charge < -0.3 is 5.32 Å². The molecule has 2 nitrogen and oxygen atoms in total. The first kappa shape index (κ1) is 15.3. The molecule has 1 aliphatic carbocycles. The molecule has 2 heteroatoms. The van der Waals surface area contributed by atoms with Crippen molar-refractivity contribution in [3.05, 3.63) is 0 Å². The van der Waals surface area contributed by atoms with Crippen LogP contribution in [0.1, 0.15) is 73.1 Å². The molecular weight excluding hydrogens is 232 g/mol. The molecule has 112 valence electrons. The molecule has 0 amide bonds. The molecule has 0 aromatic carbocycles. The van der Waals surface area contributed by atoms with E-state index in [2.05, 4.69) is 44.8 Å². The first-order chi connectivity index (χ1) is 8.91. The van der Waals surface area contributed by atoms with Gasteiger partial charge in [-0.05, 0) is 44.4 Å². The van der Waals surface area contributed by atoms with Crippen molar-refractivity contribution >= 4 is 0 Å². The third-order valence-electron chi connectivity index (χ3n) is 5.83. The second-order valence-electron chi connectivity index (χ2n) is 7.80. The summed E-state index contributed by atoms with van der Waals surface area (Å²) < 4.78 is 0. The van der Waals surface area contributed by atoms with Gasteiger partial charge in [0.2, 0.25) is 0 Å². The molecule has 2 unspecified atom stereocenters. The van der Waals surface area contributed by atoms with E-state index in [1.54, 1.807) is 0 Å². The fourth-order valence-electron chi connectivity index (χ4n) is 4.20. The summed E-state index contributed by atoms with van der Waals surface area (Å²) in [7, 11) is 0. The summed E-state index contributed by atoms with van der Waals surface area (Å²) in [5.74, 6) is 0. The predicted octanol–water partition coefficient (Wildman–Crippen LogP) is 3.81. The summed E-state index contributed by atoms with van der Waals surface area (Å²) >= 11 is 0. The van der Waals surface area contributed by atoms with Gasteiger partial charge in [0.05, 0.1) is 0 Å². The lowest BCUT2D eigenvalue weighted by Crippen LogP contribution is -2.65. The average molecular weight is 266 g/mol. The molecule has 0 radical (unpaired) electrons. The van der Waals surface area contributed by atoms with Crippen molar-refractivity contribution in [2.45, 2.75) is 90.8 Å². The first-order valence-corrected chi connectivity index (χ1v) is 8.42. The SMILES string of the molecule is CCC1(CC)CN(C2CCCC(C)(C)C2)C(C)CN1. The van der Waals surface area contributed by atoms with Crippen molar-refractivity contribution in [2.24, 2.45) is 5.41 Å². The Bertz CT molecular complexity index is 294. The summed E-state index contributed by atoms with van der Waals surface area (Å²) in [6.07, 6.45) is 8.14. The molecule has 2 rings (SSSR count). The molecule has 2 fully saturated rings. The summed E-state index contributed by atoms with van der Waals surface area (Å²) in [5, 5.41) is 3.83. The van der Waals surface area contributed by atoms with Gasteiger partial charge in [-0.1, -0.05) is 34.1 Å². The third kappa shape index (κ3) is 3.33. The molecule has 1 saturated heterocycles. The van der Waals surface area contributed by atoms with Gasteiger partial charge in [0.1, 0.15) is 0 Å². The summed E-state index contributed by atoms with van der Waals surface area (Å²) in [6.45, 7) is 14.4. The number of hydrogen-bond donors (Lipinski definition) is 1. The summed E-state index contributed by atoms with van der Waals surface area (Å²) in [6, 6.07) is 1.52. The van der Waals surface area contributed by atoms with Crippen LogP contribution in [0.15, 0.2) is 0 Å². The Morgan fingerprint density at radius 3 is 2.47 bits per heavy atom. The predicted molar refractivity (Wildman–Crippen MR) is 83.5 cm³/mol. The smallest absolute Gasteiger partial charge is 0.0304 e. The van der Waals surface area contributed by atoms with Crippen molar-refractivity contribution in [2.75, 3.05) is 13.1 Å². The van der Waals surface area contributed by atoms with E-state index in [1.165, 1.54) is 51.6 Å². The van der Waals surface area contributed by atoms with E-state index >= 15 is 0 Å². The number of piperazine rings is 1. The normalized spacial score (nSPS) is 35.2. The first-order valence-electron chi connectivity index (χ1n) is 8.42. The molecule has 1 N–H and O–H groups in total. The molecule has 1 heterocycles. The molecule has 0 bridgehead atoms. The highest BCUT2D eigenvalue weighted by molar-refractivity contribution is 4.99. The Hall–Kier alpha value is -0.0800. The van der Waals surface area contributed by atoms with Crippen molar-refractivity contribution in [1.82, 2.24) is 10.2 Å². The quantitative estimate of drug-likeness (QED) is 0.835. The number of hydrogen-bond acceptors (Lipinski definition) is 2.